The molecule has 0 radical (unpaired) electrons. The highest BCUT2D eigenvalue weighted by molar-refractivity contribution is 8.15. The topological polar surface area (TPSA) is 52.9 Å². The number of anilines is 1. The third kappa shape index (κ3) is 2.04. The van der Waals surface area contributed by atoms with E-state index in [1.54, 1.807) is 5.01 Å². The maximum absolute atomic E-state index is 10.9. The van der Waals surface area contributed by atoms with E-state index in [0.29, 0.717) is 0 Å². The number of carbonyl (C=O) groups is 1. The lowest BCUT2D eigenvalue weighted by molar-refractivity contribution is -0.129. The molecule has 0 spiro atoms. The van der Waals surface area contributed by atoms with Crippen LogP contribution in [0.2, 0.25) is 0 Å². The van der Waals surface area contributed by atoms with Crippen molar-refractivity contribution in [1.29, 1.82) is 0 Å². The molecule has 0 aromatic heterocycles. The van der Waals surface area contributed by atoms with Gasteiger partial charge in [-0.2, -0.15) is 5.10 Å². The van der Waals surface area contributed by atoms with E-state index in [0.717, 1.165) is 23.5 Å². The SMILES string of the molecule is CCCN1N=C(C(=O)O)Sc2ccccc21. The Balaban J connectivity index is 2.38. The highest BCUT2D eigenvalue weighted by Gasteiger charge is 2.22. The Labute approximate surface area is 98.0 Å². The van der Waals surface area contributed by atoms with E-state index in [2.05, 4.69) is 5.10 Å². The normalized spacial score (nSPS) is 14.3. The van der Waals surface area contributed by atoms with Crippen molar-refractivity contribution >= 4 is 28.5 Å². The number of carboxylic acid groups (broad SMARTS) is 1. The monoisotopic (exact) mass is 236 g/mol. The summed E-state index contributed by atoms with van der Waals surface area (Å²) in [6, 6.07) is 7.71. The molecular weight excluding hydrogens is 224 g/mol. The number of rotatable bonds is 3. The summed E-state index contributed by atoms with van der Waals surface area (Å²) in [5.41, 5.74) is 0.986. The van der Waals surface area contributed by atoms with Gasteiger partial charge in [0, 0.05) is 11.4 Å². The van der Waals surface area contributed by atoms with E-state index in [4.69, 9.17) is 5.11 Å². The molecule has 1 aromatic carbocycles. The molecule has 1 N–H and O–H groups in total. The average molecular weight is 236 g/mol. The molecule has 1 heterocycles. The predicted molar refractivity (Wildman–Crippen MR) is 65.0 cm³/mol. The quantitative estimate of drug-likeness (QED) is 0.875. The minimum Gasteiger partial charge on any atom is -0.476 e. The number of nitrogens with zero attached hydrogens (tertiary/aromatic N) is 2. The van der Waals surface area contributed by atoms with E-state index in [9.17, 15) is 4.79 Å². The number of hydrogen-bond donors (Lipinski definition) is 1. The summed E-state index contributed by atoms with van der Waals surface area (Å²) < 4.78 is 0. The van der Waals surface area contributed by atoms with Crippen molar-refractivity contribution in [3.8, 4) is 0 Å². The Morgan fingerprint density at radius 2 is 2.25 bits per heavy atom. The Morgan fingerprint density at radius 3 is 2.94 bits per heavy atom. The summed E-state index contributed by atoms with van der Waals surface area (Å²) in [5.74, 6) is -0.972. The number of aliphatic carboxylic acids is 1. The minimum absolute atomic E-state index is 0.132. The van der Waals surface area contributed by atoms with Gasteiger partial charge >= 0.3 is 5.97 Å². The van der Waals surface area contributed by atoms with Crippen LogP contribution in [0.15, 0.2) is 34.3 Å². The zero-order valence-corrected chi connectivity index (χ0v) is 9.70. The molecule has 0 aliphatic carbocycles. The van der Waals surface area contributed by atoms with Gasteiger partial charge in [0.25, 0.3) is 0 Å². The van der Waals surface area contributed by atoms with Gasteiger partial charge in [-0.3, -0.25) is 5.01 Å². The molecular formula is C11H12N2O2S. The molecule has 0 unspecified atom stereocenters. The lowest BCUT2D eigenvalue weighted by Crippen LogP contribution is -2.25. The van der Waals surface area contributed by atoms with Crippen molar-refractivity contribution in [2.45, 2.75) is 18.2 Å². The van der Waals surface area contributed by atoms with E-state index in [-0.39, 0.29) is 5.04 Å². The van der Waals surface area contributed by atoms with Crippen molar-refractivity contribution in [3.63, 3.8) is 0 Å². The van der Waals surface area contributed by atoms with Crippen LogP contribution in [0, 0.1) is 0 Å². The molecule has 5 heteroatoms. The van der Waals surface area contributed by atoms with Gasteiger partial charge in [0.05, 0.1) is 5.69 Å². The molecule has 1 aliphatic heterocycles. The van der Waals surface area contributed by atoms with Gasteiger partial charge in [-0.15, -0.1) is 0 Å². The molecule has 0 amide bonds. The van der Waals surface area contributed by atoms with Crippen LogP contribution in [0.4, 0.5) is 5.69 Å². The molecule has 0 fully saturated rings. The molecule has 1 aliphatic rings. The predicted octanol–water partition coefficient (Wildman–Crippen LogP) is 2.41. The molecule has 1 aromatic rings. The summed E-state index contributed by atoms with van der Waals surface area (Å²) in [7, 11) is 0. The zero-order chi connectivity index (χ0) is 11.5. The molecule has 0 saturated heterocycles. The van der Waals surface area contributed by atoms with Crippen LogP contribution >= 0.6 is 11.8 Å². The van der Waals surface area contributed by atoms with E-state index >= 15 is 0 Å². The third-order valence-electron chi connectivity index (χ3n) is 2.18. The second-order valence-corrected chi connectivity index (χ2v) is 4.43. The average Bonchev–Trinajstić information content (AvgIpc) is 2.29. The van der Waals surface area contributed by atoms with Gasteiger partial charge in [0.1, 0.15) is 0 Å². The highest BCUT2D eigenvalue weighted by atomic mass is 32.2. The van der Waals surface area contributed by atoms with Crippen LogP contribution in [-0.2, 0) is 4.79 Å². The Morgan fingerprint density at radius 1 is 1.50 bits per heavy atom. The van der Waals surface area contributed by atoms with E-state index < -0.39 is 5.97 Å². The first kappa shape index (κ1) is 11.0. The number of para-hydroxylation sites is 1. The van der Waals surface area contributed by atoms with Crippen molar-refractivity contribution in [2.75, 3.05) is 11.6 Å². The maximum Gasteiger partial charge on any atom is 0.363 e. The van der Waals surface area contributed by atoms with Gasteiger partial charge in [-0.25, -0.2) is 4.79 Å². The molecule has 2 rings (SSSR count). The van der Waals surface area contributed by atoms with Crippen LogP contribution in [-0.4, -0.2) is 22.7 Å². The number of hydrazone groups is 1. The summed E-state index contributed by atoms with van der Waals surface area (Å²) in [5, 5.41) is 15.0. The second kappa shape index (κ2) is 4.57. The molecule has 84 valence electrons. The second-order valence-electron chi connectivity index (χ2n) is 3.40. The van der Waals surface area contributed by atoms with Crippen molar-refractivity contribution in [3.05, 3.63) is 24.3 Å². The number of benzene rings is 1. The zero-order valence-electron chi connectivity index (χ0n) is 8.88. The van der Waals surface area contributed by atoms with Crippen molar-refractivity contribution in [1.82, 2.24) is 0 Å². The number of thioether (sulfide) groups is 1. The van der Waals surface area contributed by atoms with E-state index in [1.165, 1.54) is 11.8 Å². The smallest absolute Gasteiger partial charge is 0.363 e. The van der Waals surface area contributed by atoms with E-state index in [1.807, 2.05) is 31.2 Å². The molecule has 4 nitrogen and oxygen atoms in total. The molecule has 16 heavy (non-hydrogen) atoms. The van der Waals surface area contributed by atoms with Crippen molar-refractivity contribution < 1.29 is 9.90 Å². The van der Waals surface area contributed by atoms with Crippen molar-refractivity contribution in [2.24, 2.45) is 5.10 Å². The maximum atomic E-state index is 10.9. The van der Waals surface area contributed by atoms with Gasteiger partial charge in [0.2, 0.25) is 5.04 Å². The summed E-state index contributed by atoms with van der Waals surface area (Å²) in [4.78, 5) is 11.9. The highest BCUT2D eigenvalue weighted by Crippen LogP contribution is 2.35. The van der Waals surface area contributed by atoms with Gasteiger partial charge in [-0.1, -0.05) is 30.8 Å². The minimum atomic E-state index is -0.972. The fourth-order valence-electron chi connectivity index (χ4n) is 1.51. The van der Waals surface area contributed by atoms with Crippen LogP contribution in [0.1, 0.15) is 13.3 Å². The molecule has 0 atom stereocenters. The summed E-state index contributed by atoms with van der Waals surface area (Å²) in [6.45, 7) is 2.77. The largest absolute Gasteiger partial charge is 0.476 e. The van der Waals surface area contributed by atoms with Crippen LogP contribution in [0.3, 0.4) is 0 Å². The first-order chi connectivity index (χ1) is 7.72. The molecule has 0 saturated carbocycles. The van der Waals surface area contributed by atoms with Gasteiger partial charge in [0.15, 0.2) is 0 Å². The standard InChI is InChI=1S/C11H12N2O2S/c1-2-7-13-8-5-3-4-6-9(8)16-10(12-13)11(14)15/h3-6H,2,7H2,1H3,(H,14,15). The van der Waals surface area contributed by atoms with Crippen LogP contribution < -0.4 is 5.01 Å². The fourth-order valence-corrected chi connectivity index (χ4v) is 2.37. The third-order valence-corrected chi connectivity index (χ3v) is 3.19. The Kier molecular flexibility index (Phi) is 3.14. The van der Waals surface area contributed by atoms with Crippen LogP contribution in [0.25, 0.3) is 0 Å². The summed E-state index contributed by atoms with van der Waals surface area (Å²) in [6.07, 6.45) is 0.926. The Bertz CT molecular complexity index is 445. The molecule has 0 bridgehead atoms. The fraction of sp³-hybridized carbons (Fsp3) is 0.273. The first-order valence-electron chi connectivity index (χ1n) is 5.08. The number of fused-ring (bicyclic) bond motifs is 1. The first-order valence-corrected chi connectivity index (χ1v) is 5.90. The lowest BCUT2D eigenvalue weighted by Gasteiger charge is -2.25. The Hall–Kier alpha value is -1.49. The van der Waals surface area contributed by atoms with Gasteiger partial charge in [-0.05, 0) is 18.6 Å². The summed E-state index contributed by atoms with van der Waals surface area (Å²) >= 11 is 1.20. The van der Waals surface area contributed by atoms with Crippen LogP contribution in [0.5, 0.6) is 0 Å². The number of carboxylic acids is 1. The number of hydrogen-bond acceptors (Lipinski definition) is 4. The van der Waals surface area contributed by atoms with Gasteiger partial charge < -0.3 is 5.11 Å². The lowest BCUT2D eigenvalue weighted by atomic mass is 10.3.